The summed E-state index contributed by atoms with van der Waals surface area (Å²) in [5.74, 6) is 0.736. The average molecular weight is 553 g/mol. The van der Waals surface area contributed by atoms with Crippen molar-refractivity contribution in [2.45, 2.75) is 73.5 Å². The maximum Gasteiger partial charge on any atom is 0.175 e. The Bertz CT molecular complexity index is 1480. The van der Waals surface area contributed by atoms with Crippen molar-refractivity contribution in [1.82, 2.24) is 19.4 Å². The van der Waals surface area contributed by atoms with E-state index in [2.05, 4.69) is 9.80 Å². The molecule has 5 heterocycles. The quantitative estimate of drug-likeness (QED) is 0.469. The molecule has 4 saturated heterocycles. The van der Waals surface area contributed by atoms with Gasteiger partial charge in [0.1, 0.15) is 11.6 Å². The second-order valence-electron chi connectivity index (χ2n) is 12.1. The van der Waals surface area contributed by atoms with Crippen LogP contribution in [0, 0.1) is 5.82 Å². The van der Waals surface area contributed by atoms with Gasteiger partial charge in [0.2, 0.25) is 0 Å². The molecule has 0 aliphatic carbocycles. The lowest BCUT2D eigenvalue weighted by atomic mass is 9.86. The molecule has 2 aromatic carbocycles. The number of nitrogens with zero attached hydrogens (tertiary/aromatic N) is 4. The molecule has 208 valence electrons. The molecule has 0 amide bonds. The Morgan fingerprint density at radius 3 is 2.18 bits per heavy atom. The van der Waals surface area contributed by atoms with Gasteiger partial charge in [0.05, 0.1) is 35.2 Å². The fraction of sp³-hybridized carbons (Fsp3) is 0.567. The number of halogens is 1. The van der Waals surface area contributed by atoms with Crippen LogP contribution in [-0.2, 0) is 21.6 Å². The van der Waals surface area contributed by atoms with E-state index < -0.39 is 9.84 Å². The number of imidazole rings is 1. The SMILES string of the molecule is Cn1c(-c2ccc(S(C)(=O)=O)cc2)nc2cc(F)c(C3CCN(C4CC5CCC(C4)N5C4COC4)CC3)cc21. The largest absolute Gasteiger partial charge is 0.378 e. The minimum Gasteiger partial charge on any atom is -0.378 e. The molecule has 7 nitrogen and oxygen atoms in total. The summed E-state index contributed by atoms with van der Waals surface area (Å²) in [6.45, 7) is 3.88. The van der Waals surface area contributed by atoms with Crippen LogP contribution in [0.5, 0.6) is 0 Å². The van der Waals surface area contributed by atoms with E-state index in [1.807, 2.05) is 17.7 Å². The van der Waals surface area contributed by atoms with E-state index >= 15 is 4.39 Å². The van der Waals surface area contributed by atoms with Gasteiger partial charge in [-0.25, -0.2) is 17.8 Å². The first kappa shape index (κ1) is 25.6. The number of aryl methyl sites for hydroxylation is 1. The van der Waals surface area contributed by atoms with Crippen molar-refractivity contribution in [3.05, 3.63) is 47.8 Å². The van der Waals surface area contributed by atoms with Crippen molar-refractivity contribution < 1.29 is 17.5 Å². The first-order valence-electron chi connectivity index (χ1n) is 14.3. The zero-order valence-electron chi connectivity index (χ0n) is 22.7. The number of likely N-dealkylation sites (tertiary alicyclic amines) is 1. The van der Waals surface area contributed by atoms with Gasteiger partial charge < -0.3 is 14.2 Å². The van der Waals surface area contributed by atoms with E-state index in [0.717, 1.165) is 55.8 Å². The molecular weight excluding hydrogens is 515 g/mol. The lowest BCUT2D eigenvalue weighted by Crippen LogP contribution is -2.59. The molecule has 4 aliphatic rings. The summed E-state index contributed by atoms with van der Waals surface area (Å²) >= 11 is 0. The van der Waals surface area contributed by atoms with Gasteiger partial charge >= 0.3 is 0 Å². The molecule has 0 saturated carbocycles. The van der Waals surface area contributed by atoms with Crippen LogP contribution in [0.4, 0.5) is 4.39 Å². The van der Waals surface area contributed by atoms with E-state index in [9.17, 15) is 8.42 Å². The molecule has 4 fully saturated rings. The lowest BCUT2D eigenvalue weighted by Gasteiger charge is -2.49. The third kappa shape index (κ3) is 4.51. The molecule has 0 spiro atoms. The molecule has 3 aromatic rings. The Balaban J connectivity index is 1.06. The highest BCUT2D eigenvalue weighted by atomic mass is 32.2. The lowest BCUT2D eigenvalue weighted by molar-refractivity contribution is -0.100. The van der Waals surface area contributed by atoms with Crippen LogP contribution in [0.25, 0.3) is 22.4 Å². The standard InChI is InChI=1S/C30H37FN4O3S/c1-33-29-15-26(27(31)16-28(29)32-30(33)20-3-7-25(8-4-20)39(2,36)37)19-9-11-34(12-10-19)23-13-21-5-6-22(14-23)35(21)24-17-38-18-24/h3-4,7-8,15-16,19,21-24H,5-6,9-14,17-18H2,1-2H3. The maximum absolute atomic E-state index is 15.4. The number of hydrogen-bond acceptors (Lipinski definition) is 6. The Hall–Kier alpha value is -2.33. The van der Waals surface area contributed by atoms with Crippen LogP contribution in [0.2, 0.25) is 0 Å². The van der Waals surface area contributed by atoms with E-state index in [1.165, 1.54) is 31.9 Å². The predicted octanol–water partition coefficient (Wildman–Crippen LogP) is 4.36. The molecule has 4 aliphatic heterocycles. The summed E-state index contributed by atoms with van der Waals surface area (Å²) in [5, 5.41) is 0. The van der Waals surface area contributed by atoms with Crippen LogP contribution in [0.3, 0.4) is 0 Å². The summed E-state index contributed by atoms with van der Waals surface area (Å²) < 4.78 is 46.5. The third-order valence-electron chi connectivity index (χ3n) is 9.83. The first-order chi connectivity index (χ1) is 18.8. The second kappa shape index (κ2) is 9.65. The van der Waals surface area contributed by atoms with Crippen molar-refractivity contribution >= 4 is 20.9 Å². The van der Waals surface area contributed by atoms with Crippen LogP contribution in [0.1, 0.15) is 50.0 Å². The molecule has 2 unspecified atom stereocenters. The van der Waals surface area contributed by atoms with Crippen molar-refractivity contribution in [3.63, 3.8) is 0 Å². The van der Waals surface area contributed by atoms with E-state index in [0.29, 0.717) is 35.5 Å². The average Bonchev–Trinajstić information content (AvgIpc) is 3.32. The van der Waals surface area contributed by atoms with E-state index in [-0.39, 0.29) is 16.6 Å². The number of rotatable bonds is 5. The summed E-state index contributed by atoms with van der Waals surface area (Å²) in [6, 6.07) is 13.0. The topological polar surface area (TPSA) is 67.7 Å². The maximum atomic E-state index is 15.4. The highest BCUT2D eigenvalue weighted by Gasteiger charge is 2.47. The zero-order valence-corrected chi connectivity index (χ0v) is 23.5. The van der Waals surface area contributed by atoms with Crippen LogP contribution in [0.15, 0.2) is 41.3 Å². The number of hydrogen-bond donors (Lipinski definition) is 0. The van der Waals surface area contributed by atoms with Gasteiger partial charge in [-0.1, -0.05) is 0 Å². The second-order valence-corrected chi connectivity index (χ2v) is 14.1. The van der Waals surface area contributed by atoms with E-state index in [4.69, 9.17) is 9.72 Å². The van der Waals surface area contributed by atoms with Gasteiger partial charge in [-0.3, -0.25) is 4.90 Å². The van der Waals surface area contributed by atoms with Crippen LogP contribution in [-0.4, -0.2) is 84.5 Å². The Morgan fingerprint density at radius 2 is 1.59 bits per heavy atom. The fourth-order valence-corrected chi connectivity index (χ4v) is 8.33. The zero-order chi connectivity index (χ0) is 26.9. The molecule has 7 rings (SSSR count). The van der Waals surface area contributed by atoms with Crippen molar-refractivity contribution in [3.8, 4) is 11.4 Å². The minimum atomic E-state index is -3.27. The van der Waals surface area contributed by atoms with Gasteiger partial charge in [0, 0.05) is 43.1 Å². The molecule has 1 aromatic heterocycles. The fourth-order valence-electron chi connectivity index (χ4n) is 7.70. The Morgan fingerprint density at radius 1 is 0.923 bits per heavy atom. The molecule has 39 heavy (non-hydrogen) atoms. The highest BCUT2D eigenvalue weighted by Crippen LogP contribution is 2.42. The number of benzene rings is 2. The normalized spacial score (nSPS) is 27.3. The molecular formula is C30H37FN4O3S. The number of piperidine rings is 2. The Kier molecular flexibility index (Phi) is 6.34. The number of aromatic nitrogens is 2. The van der Waals surface area contributed by atoms with Gasteiger partial charge in [-0.15, -0.1) is 0 Å². The highest BCUT2D eigenvalue weighted by molar-refractivity contribution is 7.90. The van der Waals surface area contributed by atoms with Gasteiger partial charge in [-0.05, 0) is 93.4 Å². The van der Waals surface area contributed by atoms with Crippen molar-refractivity contribution in [2.24, 2.45) is 7.05 Å². The summed E-state index contributed by atoms with van der Waals surface area (Å²) in [5.41, 5.74) is 3.13. The molecule has 2 bridgehead atoms. The smallest absolute Gasteiger partial charge is 0.175 e. The molecule has 9 heteroatoms. The summed E-state index contributed by atoms with van der Waals surface area (Å²) in [4.78, 5) is 10.4. The van der Waals surface area contributed by atoms with Crippen molar-refractivity contribution in [1.29, 1.82) is 0 Å². The van der Waals surface area contributed by atoms with Crippen LogP contribution >= 0.6 is 0 Å². The summed E-state index contributed by atoms with van der Waals surface area (Å²) in [7, 11) is -1.33. The van der Waals surface area contributed by atoms with E-state index in [1.54, 1.807) is 30.3 Å². The number of sulfone groups is 1. The molecule has 0 N–H and O–H groups in total. The monoisotopic (exact) mass is 552 g/mol. The van der Waals surface area contributed by atoms with Crippen molar-refractivity contribution in [2.75, 3.05) is 32.6 Å². The van der Waals surface area contributed by atoms with Gasteiger partial charge in [-0.2, -0.15) is 0 Å². The molecule has 2 atom stereocenters. The minimum absolute atomic E-state index is 0.174. The van der Waals surface area contributed by atoms with Gasteiger partial charge in [0.25, 0.3) is 0 Å². The summed E-state index contributed by atoms with van der Waals surface area (Å²) in [6.07, 6.45) is 8.34. The molecule has 0 radical (unpaired) electrons. The first-order valence-corrected chi connectivity index (χ1v) is 16.2. The predicted molar refractivity (Wildman–Crippen MR) is 149 cm³/mol. The number of ether oxygens (including phenoxy) is 1. The van der Waals surface area contributed by atoms with Gasteiger partial charge in [0.15, 0.2) is 9.84 Å². The van der Waals surface area contributed by atoms with Crippen LogP contribution < -0.4 is 0 Å². The Labute approximate surface area is 229 Å². The number of fused-ring (bicyclic) bond motifs is 3. The third-order valence-corrected chi connectivity index (χ3v) is 11.0.